The molecule has 3 aromatic rings. The molecule has 0 aliphatic heterocycles. The van der Waals surface area contributed by atoms with E-state index in [1.165, 1.54) is 4.68 Å². The predicted molar refractivity (Wildman–Crippen MR) is 107 cm³/mol. The van der Waals surface area contributed by atoms with E-state index in [0.717, 1.165) is 22.9 Å². The van der Waals surface area contributed by atoms with Crippen molar-refractivity contribution in [2.75, 3.05) is 0 Å². The first-order valence-electron chi connectivity index (χ1n) is 8.09. The van der Waals surface area contributed by atoms with Crippen LogP contribution in [0.25, 0.3) is 10.9 Å². The zero-order chi connectivity index (χ0) is 17.8. The van der Waals surface area contributed by atoms with Gasteiger partial charge in [-0.2, -0.15) is 9.78 Å². The molecule has 0 bridgehead atoms. The highest BCUT2D eigenvalue weighted by molar-refractivity contribution is 9.10. The second-order valence-electron chi connectivity index (χ2n) is 5.71. The molecule has 128 valence electrons. The number of fused-ring (bicyclic) bond motifs is 1. The molecule has 0 N–H and O–H groups in total. The Labute approximate surface area is 159 Å². The highest BCUT2D eigenvalue weighted by atomic mass is 79.9. The molecular formula is C19H17BrClN3O. The van der Waals surface area contributed by atoms with Gasteiger partial charge in [-0.25, -0.2) is 4.98 Å². The van der Waals surface area contributed by atoms with Crippen LogP contribution >= 0.6 is 27.5 Å². The molecular weight excluding hydrogens is 402 g/mol. The van der Waals surface area contributed by atoms with Gasteiger partial charge in [-0.15, -0.1) is 0 Å². The van der Waals surface area contributed by atoms with Crippen LogP contribution in [-0.2, 0) is 6.42 Å². The molecule has 2 aromatic carbocycles. The Morgan fingerprint density at radius 3 is 2.88 bits per heavy atom. The highest BCUT2D eigenvalue weighted by Crippen LogP contribution is 2.17. The summed E-state index contributed by atoms with van der Waals surface area (Å²) in [4.78, 5) is 17.6. The number of hydrogen-bond acceptors (Lipinski definition) is 3. The molecule has 1 heterocycles. The first-order chi connectivity index (χ1) is 12.1. The summed E-state index contributed by atoms with van der Waals surface area (Å²) >= 11 is 9.41. The monoisotopic (exact) mass is 417 g/mol. The largest absolute Gasteiger partial charge is 0.282 e. The number of nitrogens with zero attached hydrogens (tertiary/aromatic N) is 3. The fourth-order valence-electron chi connectivity index (χ4n) is 2.52. The van der Waals surface area contributed by atoms with E-state index < -0.39 is 0 Å². The molecule has 0 spiro atoms. The van der Waals surface area contributed by atoms with E-state index in [1.54, 1.807) is 24.4 Å². The van der Waals surface area contributed by atoms with E-state index in [1.807, 2.05) is 24.3 Å². The molecule has 3 rings (SSSR count). The van der Waals surface area contributed by atoms with E-state index >= 15 is 0 Å². The Morgan fingerprint density at radius 2 is 2.12 bits per heavy atom. The Kier molecular flexibility index (Phi) is 5.66. The molecule has 6 heteroatoms. The van der Waals surface area contributed by atoms with E-state index in [2.05, 4.69) is 32.9 Å². The third-order valence-electron chi connectivity index (χ3n) is 3.80. The molecule has 0 aliphatic carbocycles. The lowest BCUT2D eigenvalue weighted by Crippen LogP contribution is -2.22. The zero-order valence-electron chi connectivity index (χ0n) is 13.7. The lowest BCUT2D eigenvalue weighted by molar-refractivity contribution is 0.675. The summed E-state index contributed by atoms with van der Waals surface area (Å²) in [5, 5.41) is 5.56. The molecule has 0 saturated carbocycles. The summed E-state index contributed by atoms with van der Waals surface area (Å²) in [6.45, 7) is 2.11. The standard InChI is InChI=1S/C19H17BrClN3O/c1-2-3-7-18-23-17-9-8-14(20)11-16(17)19(25)24(18)22-12-13-5-4-6-15(21)10-13/h4-6,8-12H,2-3,7H2,1H3. The second kappa shape index (κ2) is 7.93. The third kappa shape index (κ3) is 4.17. The number of rotatable bonds is 5. The summed E-state index contributed by atoms with van der Waals surface area (Å²) in [5.74, 6) is 0.667. The molecule has 0 amide bonds. The fourth-order valence-corrected chi connectivity index (χ4v) is 3.08. The zero-order valence-corrected chi connectivity index (χ0v) is 16.1. The van der Waals surface area contributed by atoms with Crippen molar-refractivity contribution in [3.8, 4) is 0 Å². The Morgan fingerprint density at radius 1 is 1.28 bits per heavy atom. The third-order valence-corrected chi connectivity index (χ3v) is 4.53. The van der Waals surface area contributed by atoms with Crippen LogP contribution in [0.4, 0.5) is 0 Å². The van der Waals surface area contributed by atoms with Crippen LogP contribution < -0.4 is 5.56 Å². The first-order valence-corrected chi connectivity index (χ1v) is 9.26. The van der Waals surface area contributed by atoms with Crippen molar-refractivity contribution in [2.45, 2.75) is 26.2 Å². The number of unbranched alkanes of at least 4 members (excludes halogenated alkanes) is 1. The highest BCUT2D eigenvalue weighted by Gasteiger charge is 2.10. The number of benzene rings is 2. The van der Waals surface area contributed by atoms with Gasteiger partial charge in [-0.05, 0) is 42.3 Å². The average molecular weight is 419 g/mol. The Hall–Kier alpha value is -1.98. The van der Waals surface area contributed by atoms with E-state index in [0.29, 0.717) is 28.2 Å². The number of hydrogen-bond donors (Lipinski definition) is 0. The second-order valence-corrected chi connectivity index (χ2v) is 7.06. The Balaban J connectivity index is 2.13. The lowest BCUT2D eigenvalue weighted by Gasteiger charge is -2.09. The summed E-state index contributed by atoms with van der Waals surface area (Å²) in [7, 11) is 0. The lowest BCUT2D eigenvalue weighted by atomic mass is 10.2. The minimum atomic E-state index is -0.171. The minimum Gasteiger partial charge on any atom is -0.267 e. The average Bonchev–Trinajstić information content (AvgIpc) is 2.60. The summed E-state index contributed by atoms with van der Waals surface area (Å²) < 4.78 is 2.23. The van der Waals surface area contributed by atoms with Crippen LogP contribution in [0.5, 0.6) is 0 Å². The van der Waals surface area contributed by atoms with E-state index in [9.17, 15) is 4.79 Å². The molecule has 0 unspecified atom stereocenters. The fraction of sp³-hybridized carbons (Fsp3) is 0.211. The van der Waals surface area contributed by atoms with Crippen LogP contribution in [0.15, 0.2) is 56.8 Å². The molecule has 0 fully saturated rings. The predicted octanol–water partition coefficient (Wildman–Crippen LogP) is 5.04. The maximum atomic E-state index is 12.9. The van der Waals surface area contributed by atoms with Crippen LogP contribution in [0, 0.1) is 0 Å². The smallest absolute Gasteiger partial charge is 0.267 e. The molecule has 25 heavy (non-hydrogen) atoms. The quantitative estimate of drug-likeness (QED) is 0.545. The van der Waals surface area contributed by atoms with Gasteiger partial charge in [0.2, 0.25) is 0 Å². The number of halogens is 2. The van der Waals surface area contributed by atoms with Crippen molar-refractivity contribution >= 4 is 44.6 Å². The van der Waals surface area contributed by atoms with Crippen molar-refractivity contribution in [3.63, 3.8) is 0 Å². The topological polar surface area (TPSA) is 47.2 Å². The van der Waals surface area contributed by atoms with Gasteiger partial charge >= 0.3 is 0 Å². The summed E-state index contributed by atoms with van der Waals surface area (Å²) in [5.41, 5.74) is 1.35. The van der Waals surface area contributed by atoms with Gasteiger partial charge in [-0.1, -0.05) is 53.0 Å². The van der Waals surface area contributed by atoms with Crippen molar-refractivity contribution in [1.29, 1.82) is 0 Å². The maximum Gasteiger partial charge on any atom is 0.282 e. The van der Waals surface area contributed by atoms with Gasteiger partial charge in [0.05, 0.1) is 17.1 Å². The molecule has 0 saturated heterocycles. The van der Waals surface area contributed by atoms with Crippen molar-refractivity contribution in [2.24, 2.45) is 5.10 Å². The van der Waals surface area contributed by atoms with Crippen molar-refractivity contribution in [3.05, 3.63) is 73.7 Å². The normalized spacial score (nSPS) is 11.5. The molecule has 0 aliphatic rings. The molecule has 0 radical (unpaired) electrons. The van der Waals surface area contributed by atoms with Crippen LogP contribution in [-0.4, -0.2) is 15.9 Å². The van der Waals surface area contributed by atoms with Crippen LogP contribution in [0.2, 0.25) is 5.02 Å². The van der Waals surface area contributed by atoms with Gasteiger partial charge in [0, 0.05) is 15.9 Å². The van der Waals surface area contributed by atoms with Gasteiger partial charge < -0.3 is 0 Å². The van der Waals surface area contributed by atoms with Gasteiger partial charge in [-0.3, -0.25) is 4.79 Å². The van der Waals surface area contributed by atoms with E-state index in [4.69, 9.17) is 11.6 Å². The molecule has 0 atom stereocenters. The van der Waals surface area contributed by atoms with Gasteiger partial charge in [0.1, 0.15) is 5.82 Å². The van der Waals surface area contributed by atoms with E-state index in [-0.39, 0.29) is 5.56 Å². The van der Waals surface area contributed by atoms with Gasteiger partial charge in [0.25, 0.3) is 5.56 Å². The first kappa shape index (κ1) is 17.8. The van der Waals surface area contributed by atoms with Crippen LogP contribution in [0.3, 0.4) is 0 Å². The molecule has 4 nitrogen and oxygen atoms in total. The summed E-state index contributed by atoms with van der Waals surface area (Å²) in [6, 6.07) is 12.8. The van der Waals surface area contributed by atoms with Crippen molar-refractivity contribution < 1.29 is 0 Å². The molecule has 1 aromatic heterocycles. The summed E-state index contributed by atoms with van der Waals surface area (Å²) in [6.07, 6.45) is 4.30. The Bertz CT molecular complexity index is 998. The van der Waals surface area contributed by atoms with Crippen molar-refractivity contribution in [1.82, 2.24) is 9.66 Å². The van der Waals surface area contributed by atoms with Crippen LogP contribution in [0.1, 0.15) is 31.2 Å². The minimum absolute atomic E-state index is 0.171. The SMILES string of the molecule is CCCCc1nc2ccc(Br)cc2c(=O)n1N=Cc1cccc(Cl)c1. The number of aromatic nitrogens is 2. The number of aryl methyl sites for hydroxylation is 1. The maximum absolute atomic E-state index is 12.9. The van der Waals surface area contributed by atoms with Gasteiger partial charge in [0.15, 0.2) is 0 Å².